The molecule has 0 saturated carbocycles. The Balaban J connectivity index is 1.84. The summed E-state index contributed by atoms with van der Waals surface area (Å²) in [5, 5.41) is 0. The minimum absolute atomic E-state index is 0.245. The summed E-state index contributed by atoms with van der Waals surface area (Å²) in [5.74, 6) is 0.759. The molecule has 1 aliphatic heterocycles. The van der Waals surface area contributed by atoms with Crippen molar-refractivity contribution >= 4 is 5.78 Å². The standard InChI is InChI=1S/C18H28N2O/c1-4-9-19-10-12-20(13-11-19)14-18(21)17-7-5-16(6-8-17)15(2)3/h5-8,15H,4,9-14H2,1-3H3. The van der Waals surface area contributed by atoms with Gasteiger partial charge in [-0.1, -0.05) is 45.0 Å². The summed E-state index contributed by atoms with van der Waals surface area (Å²) in [6.07, 6.45) is 1.21. The highest BCUT2D eigenvalue weighted by atomic mass is 16.1. The van der Waals surface area contributed by atoms with Crippen molar-refractivity contribution < 1.29 is 4.79 Å². The van der Waals surface area contributed by atoms with Crippen LogP contribution in [0.15, 0.2) is 24.3 Å². The van der Waals surface area contributed by atoms with E-state index in [4.69, 9.17) is 0 Å². The molecule has 0 amide bonds. The Morgan fingerprint density at radius 2 is 1.62 bits per heavy atom. The van der Waals surface area contributed by atoms with Crippen molar-refractivity contribution in [2.24, 2.45) is 0 Å². The van der Waals surface area contributed by atoms with Crippen LogP contribution in [0.4, 0.5) is 0 Å². The summed E-state index contributed by atoms with van der Waals surface area (Å²) in [6.45, 7) is 12.5. The first-order valence-corrected chi connectivity index (χ1v) is 8.18. The summed E-state index contributed by atoms with van der Waals surface area (Å²) < 4.78 is 0. The second-order valence-corrected chi connectivity index (χ2v) is 6.32. The number of rotatable bonds is 6. The Hall–Kier alpha value is -1.19. The molecule has 1 aliphatic rings. The number of piperazine rings is 1. The maximum absolute atomic E-state index is 12.3. The molecule has 0 aromatic heterocycles. The van der Waals surface area contributed by atoms with E-state index in [2.05, 4.69) is 42.7 Å². The Bertz CT molecular complexity index is 445. The maximum atomic E-state index is 12.3. The van der Waals surface area contributed by atoms with Crippen molar-refractivity contribution in [3.05, 3.63) is 35.4 Å². The van der Waals surface area contributed by atoms with Gasteiger partial charge in [0.1, 0.15) is 0 Å². The quantitative estimate of drug-likeness (QED) is 0.752. The Labute approximate surface area is 128 Å². The van der Waals surface area contributed by atoms with Crippen LogP contribution in [0.2, 0.25) is 0 Å². The summed E-state index contributed by atoms with van der Waals surface area (Å²) in [7, 11) is 0. The van der Waals surface area contributed by atoms with E-state index in [1.165, 1.54) is 18.5 Å². The number of carbonyl (C=O) groups is 1. The van der Waals surface area contributed by atoms with Crippen molar-refractivity contribution in [3.63, 3.8) is 0 Å². The SMILES string of the molecule is CCCN1CCN(CC(=O)c2ccc(C(C)C)cc2)CC1. The lowest BCUT2D eigenvalue weighted by molar-refractivity contribution is 0.0853. The van der Waals surface area contributed by atoms with Gasteiger partial charge in [0.25, 0.3) is 0 Å². The molecule has 0 unspecified atom stereocenters. The number of benzene rings is 1. The molecule has 2 rings (SSSR count). The molecule has 3 nitrogen and oxygen atoms in total. The lowest BCUT2D eigenvalue weighted by atomic mass is 10.0. The van der Waals surface area contributed by atoms with Crippen LogP contribution in [0.1, 0.15) is 49.0 Å². The lowest BCUT2D eigenvalue weighted by Gasteiger charge is -2.34. The maximum Gasteiger partial charge on any atom is 0.176 e. The zero-order chi connectivity index (χ0) is 15.2. The van der Waals surface area contributed by atoms with E-state index in [0.29, 0.717) is 12.5 Å². The molecule has 116 valence electrons. The fourth-order valence-corrected chi connectivity index (χ4v) is 2.84. The first-order chi connectivity index (χ1) is 10.1. The van der Waals surface area contributed by atoms with E-state index in [1.807, 2.05) is 12.1 Å². The van der Waals surface area contributed by atoms with Gasteiger partial charge in [-0.2, -0.15) is 0 Å². The predicted octanol–water partition coefficient (Wildman–Crippen LogP) is 3.02. The fraction of sp³-hybridized carbons (Fsp3) is 0.611. The van der Waals surface area contributed by atoms with Crippen molar-refractivity contribution in [2.75, 3.05) is 39.3 Å². The fourth-order valence-electron chi connectivity index (χ4n) is 2.84. The summed E-state index contributed by atoms with van der Waals surface area (Å²) >= 11 is 0. The minimum atomic E-state index is 0.245. The van der Waals surface area contributed by atoms with Gasteiger partial charge in [-0.15, -0.1) is 0 Å². The molecule has 21 heavy (non-hydrogen) atoms. The summed E-state index contributed by atoms with van der Waals surface area (Å²) in [5.41, 5.74) is 2.13. The van der Waals surface area contributed by atoms with Gasteiger partial charge in [-0.3, -0.25) is 9.69 Å². The third-order valence-electron chi connectivity index (χ3n) is 4.27. The minimum Gasteiger partial charge on any atom is -0.301 e. The second-order valence-electron chi connectivity index (χ2n) is 6.32. The van der Waals surface area contributed by atoms with E-state index in [1.54, 1.807) is 0 Å². The molecular weight excluding hydrogens is 260 g/mol. The summed E-state index contributed by atoms with van der Waals surface area (Å²) in [6, 6.07) is 8.12. The van der Waals surface area contributed by atoms with Crippen LogP contribution in [0, 0.1) is 0 Å². The normalized spacial score (nSPS) is 17.3. The van der Waals surface area contributed by atoms with Crippen LogP contribution in [-0.4, -0.2) is 54.9 Å². The third kappa shape index (κ3) is 4.65. The molecule has 1 fully saturated rings. The molecular formula is C18H28N2O. The molecule has 0 atom stereocenters. The van der Waals surface area contributed by atoms with Gasteiger partial charge in [0.2, 0.25) is 0 Å². The summed E-state index contributed by atoms with van der Waals surface area (Å²) in [4.78, 5) is 17.1. The number of nitrogens with zero attached hydrogens (tertiary/aromatic N) is 2. The molecule has 1 aromatic carbocycles. The van der Waals surface area contributed by atoms with Gasteiger partial charge in [-0.25, -0.2) is 0 Å². The average molecular weight is 288 g/mol. The molecule has 3 heteroatoms. The number of carbonyl (C=O) groups excluding carboxylic acids is 1. The van der Waals surface area contributed by atoms with Crippen LogP contribution < -0.4 is 0 Å². The van der Waals surface area contributed by atoms with E-state index in [9.17, 15) is 4.79 Å². The highest BCUT2D eigenvalue weighted by Gasteiger charge is 2.18. The average Bonchev–Trinajstić information content (AvgIpc) is 2.49. The molecule has 1 saturated heterocycles. The zero-order valence-electron chi connectivity index (χ0n) is 13.6. The second kappa shape index (κ2) is 7.71. The third-order valence-corrected chi connectivity index (χ3v) is 4.27. The largest absolute Gasteiger partial charge is 0.301 e. The molecule has 0 bridgehead atoms. The van der Waals surface area contributed by atoms with Gasteiger partial charge < -0.3 is 4.90 Å². The molecule has 0 aliphatic carbocycles. The Morgan fingerprint density at radius 3 is 2.14 bits per heavy atom. The predicted molar refractivity (Wildman–Crippen MR) is 88.0 cm³/mol. The number of hydrogen-bond donors (Lipinski definition) is 0. The first-order valence-electron chi connectivity index (χ1n) is 8.18. The van der Waals surface area contributed by atoms with Crippen molar-refractivity contribution in [1.29, 1.82) is 0 Å². The van der Waals surface area contributed by atoms with Crippen molar-refractivity contribution in [2.45, 2.75) is 33.1 Å². The van der Waals surface area contributed by atoms with Crippen LogP contribution in [-0.2, 0) is 0 Å². The highest BCUT2D eigenvalue weighted by molar-refractivity contribution is 5.97. The number of ketones is 1. The Morgan fingerprint density at radius 1 is 1.05 bits per heavy atom. The highest BCUT2D eigenvalue weighted by Crippen LogP contribution is 2.15. The van der Waals surface area contributed by atoms with E-state index in [-0.39, 0.29) is 5.78 Å². The van der Waals surface area contributed by atoms with Gasteiger partial charge in [0.05, 0.1) is 6.54 Å². The first kappa shape index (κ1) is 16.2. The van der Waals surface area contributed by atoms with Gasteiger partial charge >= 0.3 is 0 Å². The monoisotopic (exact) mass is 288 g/mol. The van der Waals surface area contributed by atoms with Crippen LogP contribution in [0.3, 0.4) is 0 Å². The van der Waals surface area contributed by atoms with Gasteiger partial charge in [-0.05, 0) is 24.4 Å². The molecule has 0 radical (unpaired) electrons. The van der Waals surface area contributed by atoms with E-state index >= 15 is 0 Å². The van der Waals surface area contributed by atoms with Gasteiger partial charge in [0, 0.05) is 31.7 Å². The van der Waals surface area contributed by atoms with Crippen LogP contribution >= 0.6 is 0 Å². The zero-order valence-corrected chi connectivity index (χ0v) is 13.6. The topological polar surface area (TPSA) is 23.6 Å². The number of Topliss-reactive ketones (excluding diaryl/α,β-unsaturated/α-hetero) is 1. The van der Waals surface area contributed by atoms with Crippen molar-refractivity contribution in [1.82, 2.24) is 9.80 Å². The van der Waals surface area contributed by atoms with Crippen molar-refractivity contribution in [3.8, 4) is 0 Å². The van der Waals surface area contributed by atoms with E-state index in [0.717, 1.165) is 31.7 Å². The molecule has 0 N–H and O–H groups in total. The molecule has 0 spiro atoms. The van der Waals surface area contributed by atoms with Crippen LogP contribution in [0.25, 0.3) is 0 Å². The van der Waals surface area contributed by atoms with Crippen LogP contribution in [0.5, 0.6) is 0 Å². The molecule has 1 heterocycles. The van der Waals surface area contributed by atoms with Gasteiger partial charge in [0.15, 0.2) is 5.78 Å². The number of hydrogen-bond acceptors (Lipinski definition) is 3. The Kier molecular flexibility index (Phi) is 5.95. The molecule has 1 aromatic rings. The van der Waals surface area contributed by atoms with E-state index < -0.39 is 0 Å². The smallest absolute Gasteiger partial charge is 0.176 e. The lowest BCUT2D eigenvalue weighted by Crippen LogP contribution is -2.47.